The Kier molecular flexibility index (Phi) is 5.77. The van der Waals surface area contributed by atoms with Crippen LogP contribution in [-0.4, -0.2) is 47.3 Å². The number of nitrogens with zero attached hydrogens (tertiary/aromatic N) is 2. The summed E-state index contributed by atoms with van der Waals surface area (Å²) >= 11 is 0. The molecular weight excluding hydrogens is 386 g/mol. The Morgan fingerprint density at radius 1 is 1.10 bits per heavy atom. The van der Waals surface area contributed by atoms with Gasteiger partial charge in [-0.2, -0.15) is 5.10 Å². The van der Waals surface area contributed by atoms with Gasteiger partial charge in [0, 0.05) is 24.4 Å². The van der Waals surface area contributed by atoms with Gasteiger partial charge in [0.05, 0.1) is 30.3 Å². The Morgan fingerprint density at radius 3 is 2.77 bits per heavy atom. The zero-order valence-electron chi connectivity index (χ0n) is 18.1. The number of benzene rings is 2. The standard InChI is InChI=1S/C26H31N3O2/c30-25(26(12-5-2-6-13-26)22-9-3-1-4-10-22)29-14-15-31-19-20(18-29)16-21-8-7-11-24-23(21)17-27-28-24/h1,3-4,7-11,17,20H,2,5-6,12-16,18-19H2,(H,27,28). The predicted molar refractivity (Wildman–Crippen MR) is 122 cm³/mol. The zero-order valence-corrected chi connectivity index (χ0v) is 18.1. The summed E-state index contributed by atoms with van der Waals surface area (Å²) in [5.41, 5.74) is 3.14. The van der Waals surface area contributed by atoms with Crippen LogP contribution in [0.4, 0.5) is 0 Å². The Hall–Kier alpha value is -2.66. The quantitative estimate of drug-likeness (QED) is 0.681. The molecule has 2 aliphatic rings. The van der Waals surface area contributed by atoms with Crippen molar-refractivity contribution in [3.05, 3.63) is 65.9 Å². The van der Waals surface area contributed by atoms with Crippen molar-refractivity contribution in [3.8, 4) is 0 Å². The van der Waals surface area contributed by atoms with Crippen LogP contribution in [0.2, 0.25) is 0 Å². The van der Waals surface area contributed by atoms with E-state index in [0.29, 0.717) is 25.7 Å². The Bertz CT molecular complexity index is 1020. The minimum atomic E-state index is -0.376. The molecule has 2 fully saturated rings. The maximum Gasteiger partial charge on any atom is 0.233 e. The van der Waals surface area contributed by atoms with Gasteiger partial charge in [0.15, 0.2) is 0 Å². The van der Waals surface area contributed by atoms with Gasteiger partial charge in [-0.15, -0.1) is 0 Å². The largest absolute Gasteiger partial charge is 0.379 e. The minimum Gasteiger partial charge on any atom is -0.379 e. The molecule has 1 saturated carbocycles. The summed E-state index contributed by atoms with van der Waals surface area (Å²) in [5, 5.41) is 8.42. The van der Waals surface area contributed by atoms with Crippen molar-refractivity contribution in [2.24, 2.45) is 5.92 Å². The number of amides is 1. The molecule has 0 spiro atoms. The summed E-state index contributed by atoms with van der Waals surface area (Å²) < 4.78 is 5.96. The number of nitrogens with one attached hydrogen (secondary N) is 1. The van der Waals surface area contributed by atoms with Crippen LogP contribution >= 0.6 is 0 Å². The van der Waals surface area contributed by atoms with E-state index < -0.39 is 0 Å². The number of hydrogen-bond donors (Lipinski definition) is 1. The van der Waals surface area contributed by atoms with E-state index in [4.69, 9.17) is 4.74 Å². The van der Waals surface area contributed by atoms with Gasteiger partial charge >= 0.3 is 0 Å². The molecule has 3 aromatic rings. The number of carbonyl (C=O) groups is 1. The number of rotatable bonds is 4. The molecule has 1 unspecified atom stereocenters. The fraction of sp³-hybridized carbons (Fsp3) is 0.462. The average Bonchev–Trinajstić information content (AvgIpc) is 3.20. The van der Waals surface area contributed by atoms with E-state index in [-0.39, 0.29) is 11.3 Å². The Morgan fingerprint density at radius 2 is 1.94 bits per heavy atom. The molecule has 31 heavy (non-hydrogen) atoms. The molecule has 1 amide bonds. The van der Waals surface area contributed by atoms with Crippen LogP contribution in [0.1, 0.15) is 43.2 Å². The Balaban J connectivity index is 1.39. The molecule has 1 aliphatic heterocycles. The molecule has 0 radical (unpaired) electrons. The number of carbonyl (C=O) groups excluding carboxylic acids is 1. The number of hydrogen-bond acceptors (Lipinski definition) is 3. The lowest BCUT2D eigenvalue weighted by molar-refractivity contribution is -0.139. The molecule has 1 atom stereocenters. The maximum absolute atomic E-state index is 14.1. The molecule has 0 bridgehead atoms. The van der Waals surface area contributed by atoms with Gasteiger partial charge in [0.1, 0.15) is 0 Å². The lowest BCUT2D eigenvalue weighted by Gasteiger charge is -2.40. The van der Waals surface area contributed by atoms with Gasteiger partial charge in [-0.25, -0.2) is 0 Å². The molecule has 1 aliphatic carbocycles. The van der Waals surface area contributed by atoms with Crippen molar-refractivity contribution in [2.45, 2.75) is 43.9 Å². The summed E-state index contributed by atoms with van der Waals surface area (Å²) in [5.74, 6) is 0.582. The normalized spacial score (nSPS) is 21.7. The monoisotopic (exact) mass is 417 g/mol. The lowest BCUT2D eigenvalue weighted by atomic mass is 9.68. The van der Waals surface area contributed by atoms with Crippen molar-refractivity contribution in [1.29, 1.82) is 0 Å². The molecule has 5 rings (SSSR count). The van der Waals surface area contributed by atoms with E-state index in [0.717, 1.165) is 49.6 Å². The van der Waals surface area contributed by atoms with Crippen molar-refractivity contribution < 1.29 is 9.53 Å². The molecule has 1 aromatic heterocycles. The van der Waals surface area contributed by atoms with E-state index in [9.17, 15) is 4.79 Å². The van der Waals surface area contributed by atoms with Gasteiger partial charge in [-0.1, -0.05) is 61.7 Å². The SMILES string of the molecule is O=C(N1CCOCC(Cc2cccc3[nH]ncc23)C1)C1(c2ccccc2)CCCCC1. The summed E-state index contributed by atoms with van der Waals surface area (Å²) in [6, 6.07) is 16.8. The van der Waals surface area contributed by atoms with Gasteiger partial charge in [0.2, 0.25) is 5.91 Å². The molecule has 1 saturated heterocycles. The molecule has 162 valence electrons. The van der Waals surface area contributed by atoms with Crippen molar-refractivity contribution >= 4 is 16.8 Å². The van der Waals surface area contributed by atoms with Crippen LogP contribution < -0.4 is 0 Å². The second-order valence-electron chi connectivity index (χ2n) is 9.15. The molecule has 2 aromatic carbocycles. The summed E-state index contributed by atoms with van der Waals surface area (Å²) in [7, 11) is 0. The van der Waals surface area contributed by atoms with Crippen LogP contribution in [0, 0.1) is 5.92 Å². The van der Waals surface area contributed by atoms with Gasteiger partial charge in [-0.3, -0.25) is 9.89 Å². The molecule has 5 heteroatoms. The summed E-state index contributed by atoms with van der Waals surface area (Å²) in [4.78, 5) is 16.2. The highest BCUT2D eigenvalue weighted by molar-refractivity contribution is 5.88. The lowest BCUT2D eigenvalue weighted by Crippen LogP contribution is -2.50. The van der Waals surface area contributed by atoms with Crippen molar-refractivity contribution in [1.82, 2.24) is 15.1 Å². The van der Waals surface area contributed by atoms with E-state index in [1.807, 2.05) is 12.3 Å². The van der Waals surface area contributed by atoms with Crippen LogP contribution in [0.25, 0.3) is 10.9 Å². The van der Waals surface area contributed by atoms with E-state index >= 15 is 0 Å². The number of H-pyrrole nitrogens is 1. The number of ether oxygens (including phenoxy) is 1. The first-order chi connectivity index (χ1) is 15.3. The summed E-state index contributed by atoms with van der Waals surface area (Å²) in [6.45, 7) is 2.74. The van der Waals surface area contributed by atoms with E-state index in [1.165, 1.54) is 17.5 Å². The van der Waals surface area contributed by atoms with E-state index in [1.54, 1.807) is 0 Å². The predicted octanol–water partition coefficient (Wildman–Crippen LogP) is 4.48. The third-order valence-corrected chi connectivity index (χ3v) is 7.15. The molecule has 1 N–H and O–H groups in total. The molecule has 5 nitrogen and oxygen atoms in total. The third-order valence-electron chi connectivity index (χ3n) is 7.15. The first-order valence-electron chi connectivity index (χ1n) is 11.6. The fourth-order valence-corrected chi connectivity index (χ4v) is 5.55. The van der Waals surface area contributed by atoms with Crippen LogP contribution in [0.15, 0.2) is 54.7 Å². The minimum absolute atomic E-state index is 0.281. The third kappa shape index (κ3) is 3.99. The second kappa shape index (κ2) is 8.83. The number of aromatic amines is 1. The number of fused-ring (bicyclic) bond motifs is 1. The maximum atomic E-state index is 14.1. The van der Waals surface area contributed by atoms with Gasteiger partial charge in [-0.05, 0) is 36.5 Å². The summed E-state index contributed by atoms with van der Waals surface area (Å²) in [6.07, 6.45) is 8.16. The first-order valence-corrected chi connectivity index (χ1v) is 11.6. The van der Waals surface area contributed by atoms with E-state index in [2.05, 4.69) is 57.6 Å². The van der Waals surface area contributed by atoms with Crippen molar-refractivity contribution in [3.63, 3.8) is 0 Å². The highest BCUT2D eigenvalue weighted by atomic mass is 16.5. The molecular formula is C26H31N3O2. The topological polar surface area (TPSA) is 58.2 Å². The second-order valence-corrected chi connectivity index (χ2v) is 9.15. The van der Waals surface area contributed by atoms with Gasteiger partial charge in [0.25, 0.3) is 0 Å². The zero-order chi connectivity index (χ0) is 21.1. The number of aromatic nitrogens is 2. The fourth-order valence-electron chi connectivity index (χ4n) is 5.55. The molecule has 2 heterocycles. The smallest absolute Gasteiger partial charge is 0.233 e. The van der Waals surface area contributed by atoms with Crippen LogP contribution in [0.3, 0.4) is 0 Å². The average molecular weight is 418 g/mol. The highest BCUT2D eigenvalue weighted by Gasteiger charge is 2.44. The van der Waals surface area contributed by atoms with Crippen molar-refractivity contribution in [2.75, 3.05) is 26.3 Å². The Labute approximate surface area is 183 Å². The van der Waals surface area contributed by atoms with Gasteiger partial charge < -0.3 is 9.64 Å². The highest BCUT2D eigenvalue weighted by Crippen LogP contribution is 2.41. The first kappa shape index (κ1) is 20.3. The van der Waals surface area contributed by atoms with Crippen LogP contribution in [0.5, 0.6) is 0 Å². The van der Waals surface area contributed by atoms with Crippen LogP contribution in [-0.2, 0) is 21.4 Å².